The van der Waals surface area contributed by atoms with Crippen molar-refractivity contribution in [2.45, 2.75) is 30.1 Å². The first-order valence-electron chi connectivity index (χ1n) is 8.64. The lowest BCUT2D eigenvalue weighted by Crippen LogP contribution is -2.28. The lowest BCUT2D eigenvalue weighted by Gasteiger charge is -2.11. The normalized spacial score (nSPS) is 10.6. The molecule has 0 aliphatic rings. The second kappa shape index (κ2) is 9.83. The molecule has 9 heteroatoms. The predicted molar refractivity (Wildman–Crippen MR) is 106 cm³/mol. The van der Waals surface area contributed by atoms with E-state index in [4.69, 9.17) is 0 Å². The molecule has 0 saturated heterocycles. The van der Waals surface area contributed by atoms with Crippen LogP contribution in [0.4, 0.5) is 19.3 Å². The zero-order valence-electron chi connectivity index (χ0n) is 15.4. The number of alkyl halides is 2. The predicted octanol–water partition coefficient (Wildman–Crippen LogP) is 4.86. The number of aryl methyl sites for hydroxylation is 1. The van der Waals surface area contributed by atoms with Gasteiger partial charge in [-0.2, -0.15) is 8.78 Å². The Bertz CT molecular complexity index is 956. The molecule has 150 valence electrons. The van der Waals surface area contributed by atoms with E-state index in [-0.39, 0.29) is 18.3 Å². The minimum Gasteiger partial charge on any atom is -0.435 e. The third-order valence-corrected chi connectivity index (χ3v) is 4.68. The standard InChI is InChI=1S/C20H18F2N4O2S/c1-13-11-16(29-20-23-9-2-10-24-20)7-8-17(13)26-19(27)25-12-14-3-5-15(6-4-14)28-18(21)22/h2-11,18H,12H2,1H3,(H2,25,26,27). The summed E-state index contributed by atoms with van der Waals surface area (Å²) in [6.45, 7) is -0.718. The molecule has 1 aromatic heterocycles. The van der Waals surface area contributed by atoms with Crippen molar-refractivity contribution in [3.8, 4) is 5.75 Å². The number of aromatic nitrogens is 2. The van der Waals surface area contributed by atoms with Crippen LogP contribution in [0.15, 0.2) is 71.0 Å². The largest absolute Gasteiger partial charge is 0.435 e. The highest BCUT2D eigenvalue weighted by Gasteiger charge is 2.08. The van der Waals surface area contributed by atoms with Gasteiger partial charge in [0, 0.05) is 29.5 Å². The van der Waals surface area contributed by atoms with E-state index in [1.807, 2.05) is 25.1 Å². The van der Waals surface area contributed by atoms with Gasteiger partial charge in [-0.1, -0.05) is 12.1 Å². The van der Waals surface area contributed by atoms with Crippen LogP contribution in [0.3, 0.4) is 0 Å². The van der Waals surface area contributed by atoms with Gasteiger partial charge in [-0.3, -0.25) is 0 Å². The average Bonchev–Trinajstić information content (AvgIpc) is 2.70. The Labute approximate surface area is 170 Å². The van der Waals surface area contributed by atoms with Gasteiger partial charge in [-0.05, 0) is 66.2 Å². The summed E-state index contributed by atoms with van der Waals surface area (Å²) in [6.07, 6.45) is 3.36. The Hall–Kier alpha value is -3.20. The van der Waals surface area contributed by atoms with E-state index in [0.717, 1.165) is 16.0 Å². The van der Waals surface area contributed by atoms with E-state index in [1.54, 1.807) is 30.6 Å². The number of carbonyl (C=O) groups excluding carboxylic acids is 1. The summed E-state index contributed by atoms with van der Waals surface area (Å²) < 4.78 is 28.6. The molecule has 2 amide bonds. The van der Waals surface area contributed by atoms with Crippen LogP contribution in [0, 0.1) is 6.92 Å². The van der Waals surface area contributed by atoms with Crippen LogP contribution >= 0.6 is 11.8 Å². The zero-order chi connectivity index (χ0) is 20.6. The van der Waals surface area contributed by atoms with Gasteiger partial charge in [-0.25, -0.2) is 14.8 Å². The third-order valence-electron chi connectivity index (χ3n) is 3.80. The third kappa shape index (κ3) is 6.42. The molecule has 0 spiro atoms. The number of benzene rings is 2. The molecule has 0 atom stereocenters. The maximum atomic E-state index is 12.2. The highest BCUT2D eigenvalue weighted by molar-refractivity contribution is 7.99. The SMILES string of the molecule is Cc1cc(Sc2ncccn2)ccc1NC(=O)NCc1ccc(OC(F)F)cc1. The molecule has 0 saturated carbocycles. The van der Waals surface area contributed by atoms with Gasteiger partial charge in [0.05, 0.1) is 0 Å². The summed E-state index contributed by atoms with van der Waals surface area (Å²) in [5.41, 5.74) is 2.34. The fourth-order valence-electron chi connectivity index (χ4n) is 2.42. The molecule has 0 fully saturated rings. The molecule has 29 heavy (non-hydrogen) atoms. The second-order valence-corrected chi connectivity index (χ2v) is 6.98. The molecule has 0 aliphatic heterocycles. The fourth-order valence-corrected chi connectivity index (χ4v) is 3.23. The van der Waals surface area contributed by atoms with Gasteiger partial charge < -0.3 is 15.4 Å². The van der Waals surface area contributed by atoms with Crippen molar-refractivity contribution >= 4 is 23.5 Å². The van der Waals surface area contributed by atoms with Crippen LogP contribution in [-0.4, -0.2) is 22.6 Å². The van der Waals surface area contributed by atoms with Crippen LogP contribution in [-0.2, 0) is 6.54 Å². The van der Waals surface area contributed by atoms with Crippen molar-refractivity contribution in [2.24, 2.45) is 0 Å². The van der Waals surface area contributed by atoms with E-state index in [0.29, 0.717) is 10.8 Å². The number of nitrogens with one attached hydrogen (secondary N) is 2. The first kappa shape index (κ1) is 20.5. The molecule has 0 unspecified atom stereocenters. The number of urea groups is 1. The summed E-state index contributed by atoms with van der Waals surface area (Å²) in [5, 5.41) is 6.17. The molecule has 0 bridgehead atoms. The van der Waals surface area contributed by atoms with Crippen molar-refractivity contribution < 1.29 is 18.3 Å². The van der Waals surface area contributed by atoms with E-state index in [1.165, 1.54) is 23.9 Å². The van der Waals surface area contributed by atoms with Crippen LogP contribution in [0.5, 0.6) is 5.75 Å². The number of nitrogens with zero attached hydrogens (tertiary/aromatic N) is 2. The first-order valence-corrected chi connectivity index (χ1v) is 9.45. The maximum Gasteiger partial charge on any atom is 0.387 e. The van der Waals surface area contributed by atoms with Crippen LogP contribution in [0.2, 0.25) is 0 Å². The summed E-state index contributed by atoms with van der Waals surface area (Å²) in [4.78, 5) is 21.5. The minimum absolute atomic E-state index is 0.0719. The Kier molecular flexibility index (Phi) is 6.96. The van der Waals surface area contributed by atoms with Crippen molar-refractivity contribution in [3.05, 3.63) is 72.1 Å². The summed E-state index contributed by atoms with van der Waals surface area (Å²) >= 11 is 1.43. The molecular weight excluding hydrogens is 398 g/mol. The van der Waals surface area contributed by atoms with Gasteiger partial charge >= 0.3 is 12.6 Å². The maximum absolute atomic E-state index is 12.2. The monoisotopic (exact) mass is 416 g/mol. The van der Waals surface area contributed by atoms with E-state index < -0.39 is 6.61 Å². The molecular formula is C20H18F2N4O2S. The zero-order valence-corrected chi connectivity index (χ0v) is 16.2. The highest BCUT2D eigenvalue weighted by Crippen LogP contribution is 2.27. The van der Waals surface area contributed by atoms with E-state index in [9.17, 15) is 13.6 Å². The number of amides is 2. The number of hydrogen-bond donors (Lipinski definition) is 2. The number of anilines is 1. The quantitative estimate of drug-likeness (QED) is 0.538. The second-order valence-electron chi connectivity index (χ2n) is 5.94. The molecule has 0 radical (unpaired) electrons. The van der Waals surface area contributed by atoms with Crippen LogP contribution < -0.4 is 15.4 Å². The summed E-state index contributed by atoms with van der Waals surface area (Å²) in [6, 6.07) is 13.1. The number of carbonyl (C=O) groups is 1. The summed E-state index contributed by atoms with van der Waals surface area (Å²) in [5.74, 6) is 0.0719. The van der Waals surface area contributed by atoms with E-state index in [2.05, 4.69) is 25.3 Å². The number of halogens is 2. The molecule has 2 N–H and O–H groups in total. The number of ether oxygens (including phenoxy) is 1. The van der Waals surface area contributed by atoms with Gasteiger partial charge in [0.15, 0.2) is 5.16 Å². The Morgan fingerprint density at radius 3 is 2.52 bits per heavy atom. The van der Waals surface area contributed by atoms with Gasteiger partial charge in [-0.15, -0.1) is 0 Å². The van der Waals surface area contributed by atoms with Crippen molar-refractivity contribution in [2.75, 3.05) is 5.32 Å². The molecule has 3 aromatic rings. The molecule has 1 heterocycles. The fraction of sp³-hybridized carbons (Fsp3) is 0.150. The van der Waals surface area contributed by atoms with Crippen LogP contribution in [0.25, 0.3) is 0 Å². The van der Waals surface area contributed by atoms with Gasteiger partial charge in [0.25, 0.3) is 0 Å². The molecule has 0 aliphatic carbocycles. The molecule has 3 rings (SSSR count). The number of hydrogen-bond acceptors (Lipinski definition) is 5. The lowest BCUT2D eigenvalue weighted by atomic mass is 10.2. The molecule has 6 nitrogen and oxygen atoms in total. The Morgan fingerprint density at radius 2 is 1.86 bits per heavy atom. The average molecular weight is 416 g/mol. The number of rotatable bonds is 7. The first-order chi connectivity index (χ1) is 14.0. The Morgan fingerprint density at radius 1 is 1.14 bits per heavy atom. The van der Waals surface area contributed by atoms with Crippen LogP contribution in [0.1, 0.15) is 11.1 Å². The highest BCUT2D eigenvalue weighted by atomic mass is 32.2. The van der Waals surface area contributed by atoms with Crippen molar-refractivity contribution in [1.82, 2.24) is 15.3 Å². The van der Waals surface area contributed by atoms with Crippen molar-refractivity contribution in [3.63, 3.8) is 0 Å². The Balaban J connectivity index is 1.52. The van der Waals surface area contributed by atoms with Gasteiger partial charge in [0.1, 0.15) is 5.75 Å². The van der Waals surface area contributed by atoms with E-state index >= 15 is 0 Å². The minimum atomic E-state index is -2.86. The lowest BCUT2D eigenvalue weighted by molar-refractivity contribution is -0.0498. The van der Waals surface area contributed by atoms with Crippen molar-refractivity contribution in [1.29, 1.82) is 0 Å². The smallest absolute Gasteiger partial charge is 0.387 e. The summed E-state index contributed by atoms with van der Waals surface area (Å²) in [7, 11) is 0. The molecule has 2 aromatic carbocycles. The topological polar surface area (TPSA) is 76.1 Å². The van der Waals surface area contributed by atoms with Gasteiger partial charge in [0.2, 0.25) is 0 Å².